The molecule has 82 valence electrons. The summed E-state index contributed by atoms with van der Waals surface area (Å²) in [6, 6.07) is 2.11. The zero-order valence-corrected chi connectivity index (χ0v) is 9.11. The van der Waals surface area contributed by atoms with Crippen LogP contribution in [0, 0.1) is 0 Å². The fourth-order valence-corrected chi connectivity index (χ4v) is 2.50. The molecule has 0 aromatic rings. The number of ether oxygens (including phenoxy) is 1. The molecule has 1 saturated carbocycles. The predicted octanol–water partition coefficient (Wildman–Crippen LogP) is 0.977. The average molecular weight is 198 g/mol. The van der Waals surface area contributed by atoms with E-state index in [-0.39, 0.29) is 0 Å². The molecule has 3 heteroatoms. The third kappa shape index (κ3) is 2.27. The summed E-state index contributed by atoms with van der Waals surface area (Å²) < 4.78 is 5.41. The average Bonchev–Trinajstić information content (AvgIpc) is 3.04. The smallest absolute Gasteiger partial charge is 0.0480 e. The maximum atomic E-state index is 5.77. The van der Waals surface area contributed by atoms with Gasteiger partial charge >= 0.3 is 0 Å². The third-order valence-corrected chi connectivity index (χ3v) is 3.43. The van der Waals surface area contributed by atoms with E-state index in [2.05, 4.69) is 11.8 Å². The summed E-state index contributed by atoms with van der Waals surface area (Å²) in [4.78, 5) is 2.66. The SMILES string of the molecule is CC(CN)N(C1CCOCC1)C1CC1. The second-order valence-corrected chi connectivity index (χ2v) is 4.61. The lowest BCUT2D eigenvalue weighted by Gasteiger charge is -2.38. The van der Waals surface area contributed by atoms with Crippen LogP contribution >= 0.6 is 0 Å². The highest BCUT2D eigenvalue weighted by Crippen LogP contribution is 2.32. The predicted molar refractivity (Wildman–Crippen MR) is 57.2 cm³/mol. The summed E-state index contributed by atoms with van der Waals surface area (Å²) in [6.07, 6.45) is 5.14. The third-order valence-electron chi connectivity index (χ3n) is 3.43. The molecule has 1 unspecified atom stereocenters. The van der Waals surface area contributed by atoms with Crippen molar-refractivity contribution in [1.29, 1.82) is 0 Å². The van der Waals surface area contributed by atoms with E-state index in [0.29, 0.717) is 6.04 Å². The Kier molecular flexibility index (Phi) is 3.42. The summed E-state index contributed by atoms with van der Waals surface area (Å²) in [5.41, 5.74) is 5.77. The molecule has 0 aromatic carbocycles. The molecular formula is C11H22N2O. The highest BCUT2D eigenvalue weighted by Gasteiger charge is 2.36. The number of hydrogen-bond donors (Lipinski definition) is 1. The Morgan fingerprint density at radius 1 is 1.21 bits per heavy atom. The van der Waals surface area contributed by atoms with Crippen molar-refractivity contribution in [2.75, 3.05) is 19.8 Å². The van der Waals surface area contributed by atoms with E-state index < -0.39 is 0 Å². The van der Waals surface area contributed by atoms with Crippen LogP contribution in [0.2, 0.25) is 0 Å². The van der Waals surface area contributed by atoms with Crippen molar-refractivity contribution in [2.24, 2.45) is 5.73 Å². The molecule has 1 aliphatic heterocycles. The standard InChI is InChI=1S/C11H22N2O/c1-9(8-12)13(10-2-3-10)11-4-6-14-7-5-11/h9-11H,2-8,12H2,1H3. The van der Waals surface area contributed by atoms with Crippen molar-refractivity contribution < 1.29 is 4.74 Å². The molecule has 0 amide bonds. The first-order valence-electron chi connectivity index (χ1n) is 5.88. The molecular weight excluding hydrogens is 176 g/mol. The quantitative estimate of drug-likeness (QED) is 0.731. The van der Waals surface area contributed by atoms with Gasteiger partial charge in [0.1, 0.15) is 0 Å². The Morgan fingerprint density at radius 2 is 1.79 bits per heavy atom. The van der Waals surface area contributed by atoms with Crippen LogP contribution in [0.5, 0.6) is 0 Å². The van der Waals surface area contributed by atoms with E-state index >= 15 is 0 Å². The van der Waals surface area contributed by atoms with Crippen LogP contribution in [0.1, 0.15) is 32.6 Å². The van der Waals surface area contributed by atoms with Gasteiger partial charge in [-0.1, -0.05) is 0 Å². The zero-order chi connectivity index (χ0) is 9.97. The van der Waals surface area contributed by atoms with Crippen LogP contribution in [0.4, 0.5) is 0 Å². The van der Waals surface area contributed by atoms with Crippen molar-refractivity contribution in [1.82, 2.24) is 4.90 Å². The van der Waals surface area contributed by atoms with Crippen molar-refractivity contribution in [2.45, 2.75) is 50.7 Å². The summed E-state index contributed by atoms with van der Waals surface area (Å²) in [5.74, 6) is 0. The van der Waals surface area contributed by atoms with Gasteiger partial charge < -0.3 is 10.5 Å². The lowest BCUT2D eigenvalue weighted by Crippen LogP contribution is -2.48. The van der Waals surface area contributed by atoms with Crippen LogP contribution in [0.25, 0.3) is 0 Å². The highest BCUT2D eigenvalue weighted by atomic mass is 16.5. The Bertz CT molecular complexity index is 176. The normalized spacial score (nSPS) is 26.8. The van der Waals surface area contributed by atoms with E-state index in [9.17, 15) is 0 Å². The first-order valence-corrected chi connectivity index (χ1v) is 5.88. The fourth-order valence-electron chi connectivity index (χ4n) is 2.50. The van der Waals surface area contributed by atoms with Gasteiger partial charge in [-0.2, -0.15) is 0 Å². The Morgan fingerprint density at radius 3 is 2.29 bits per heavy atom. The van der Waals surface area contributed by atoms with E-state index in [4.69, 9.17) is 10.5 Å². The molecule has 2 fully saturated rings. The molecule has 3 nitrogen and oxygen atoms in total. The summed E-state index contributed by atoms with van der Waals surface area (Å²) in [5, 5.41) is 0. The fraction of sp³-hybridized carbons (Fsp3) is 1.00. The van der Waals surface area contributed by atoms with E-state index in [1.165, 1.54) is 25.7 Å². The zero-order valence-electron chi connectivity index (χ0n) is 9.11. The molecule has 14 heavy (non-hydrogen) atoms. The highest BCUT2D eigenvalue weighted by molar-refractivity contribution is 4.92. The van der Waals surface area contributed by atoms with Crippen LogP contribution in [-0.4, -0.2) is 42.8 Å². The van der Waals surface area contributed by atoms with Crippen LogP contribution in [0.3, 0.4) is 0 Å². The topological polar surface area (TPSA) is 38.5 Å². The molecule has 0 spiro atoms. The first-order chi connectivity index (χ1) is 6.83. The van der Waals surface area contributed by atoms with E-state index in [1.54, 1.807) is 0 Å². The minimum absolute atomic E-state index is 0.547. The Hall–Kier alpha value is -0.120. The molecule has 0 aromatic heterocycles. The second-order valence-electron chi connectivity index (χ2n) is 4.61. The monoisotopic (exact) mass is 198 g/mol. The molecule has 1 heterocycles. The molecule has 2 N–H and O–H groups in total. The van der Waals surface area contributed by atoms with Crippen molar-refractivity contribution >= 4 is 0 Å². The summed E-state index contributed by atoms with van der Waals surface area (Å²) >= 11 is 0. The Balaban J connectivity index is 1.93. The second kappa shape index (κ2) is 4.60. The van der Waals surface area contributed by atoms with Gasteiger partial charge in [0.05, 0.1) is 0 Å². The maximum absolute atomic E-state index is 5.77. The van der Waals surface area contributed by atoms with Gasteiger partial charge in [0.2, 0.25) is 0 Å². The summed E-state index contributed by atoms with van der Waals surface area (Å²) in [6.45, 7) is 4.91. The van der Waals surface area contributed by atoms with Crippen molar-refractivity contribution in [3.63, 3.8) is 0 Å². The maximum Gasteiger partial charge on any atom is 0.0480 e. The van der Waals surface area contributed by atoms with E-state index in [1.807, 2.05) is 0 Å². The van der Waals surface area contributed by atoms with Crippen LogP contribution in [-0.2, 0) is 4.74 Å². The van der Waals surface area contributed by atoms with Gasteiger partial charge in [-0.15, -0.1) is 0 Å². The Labute approximate surface area is 86.6 Å². The van der Waals surface area contributed by atoms with Crippen LogP contribution in [0.15, 0.2) is 0 Å². The summed E-state index contributed by atoms with van der Waals surface area (Å²) in [7, 11) is 0. The van der Waals surface area contributed by atoms with Gasteiger partial charge in [0.25, 0.3) is 0 Å². The van der Waals surface area contributed by atoms with Gasteiger partial charge in [0.15, 0.2) is 0 Å². The lowest BCUT2D eigenvalue weighted by molar-refractivity contribution is 0.0171. The minimum Gasteiger partial charge on any atom is -0.381 e. The van der Waals surface area contributed by atoms with Gasteiger partial charge in [-0.25, -0.2) is 0 Å². The molecule has 2 aliphatic rings. The molecule has 0 radical (unpaired) electrons. The van der Waals surface area contributed by atoms with Gasteiger partial charge in [-0.05, 0) is 32.6 Å². The minimum atomic E-state index is 0.547. The number of nitrogens with two attached hydrogens (primary N) is 1. The molecule has 1 aliphatic carbocycles. The largest absolute Gasteiger partial charge is 0.381 e. The number of rotatable bonds is 4. The van der Waals surface area contributed by atoms with E-state index in [0.717, 1.165) is 31.8 Å². The number of nitrogens with zero attached hydrogens (tertiary/aromatic N) is 1. The molecule has 2 rings (SSSR count). The van der Waals surface area contributed by atoms with Gasteiger partial charge in [0, 0.05) is 37.9 Å². The van der Waals surface area contributed by atoms with Gasteiger partial charge in [-0.3, -0.25) is 4.90 Å². The molecule has 0 bridgehead atoms. The van der Waals surface area contributed by atoms with Crippen LogP contribution < -0.4 is 5.73 Å². The number of hydrogen-bond acceptors (Lipinski definition) is 3. The van der Waals surface area contributed by atoms with Crippen molar-refractivity contribution in [3.05, 3.63) is 0 Å². The van der Waals surface area contributed by atoms with Crippen molar-refractivity contribution in [3.8, 4) is 0 Å². The molecule has 1 atom stereocenters. The lowest BCUT2D eigenvalue weighted by atomic mass is 10.0. The molecule has 1 saturated heterocycles. The first kappa shape index (κ1) is 10.4.